The summed E-state index contributed by atoms with van der Waals surface area (Å²) >= 11 is 0. The first-order valence-electron chi connectivity index (χ1n) is 4.87. The Labute approximate surface area is 100 Å². The molecule has 0 spiro atoms. The zero-order valence-electron chi connectivity index (χ0n) is 9.52. The molecule has 0 radical (unpaired) electrons. The summed E-state index contributed by atoms with van der Waals surface area (Å²) in [5.74, 6) is 0.259. The Morgan fingerprint density at radius 3 is 2.72 bits per heavy atom. The van der Waals surface area contributed by atoms with Crippen LogP contribution < -0.4 is 0 Å². The maximum Gasteiger partial charge on any atom is 0.362 e. The molecule has 18 heavy (non-hydrogen) atoms. The van der Waals surface area contributed by atoms with Crippen LogP contribution in [0.1, 0.15) is 23.4 Å². The van der Waals surface area contributed by atoms with Crippen LogP contribution in [0.15, 0.2) is 16.2 Å². The van der Waals surface area contributed by atoms with Crippen LogP contribution in [0.4, 0.5) is 0 Å². The van der Waals surface area contributed by atoms with E-state index in [-0.39, 0.29) is 33.7 Å². The van der Waals surface area contributed by atoms with Gasteiger partial charge < -0.3 is 9.15 Å². The number of nitro groups is 1. The fourth-order valence-corrected chi connectivity index (χ4v) is 1.76. The van der Waals surface area contributed by atoms with Gasteiger partial charge in [0.05, 0.1) is 4.92 Å². The number of methoxy groups -OCH3 is 1. The lowest BCUT2D eigenvalue weighted by Crippen LogP contribution is -2.25. The van der Waals surface area contributed by atoms with Crippen molar-refractivity contribution in [1.82, 2.24) is 4.98 Å². The largest absolute Gasteiger partial charge is 0.434 e. The van der Waals surface area contributed by atoms with Crippen LogP contribution in [0.3, 0.4) is 0 Å². The molecule has 1 unspecified atom stereocenters. The maximum atomic E-state index is 10.9. The Morgan fingerprint density at radius 1 is 1.56 bits per heavy atom. The highest BCUT2D eigenvalue weighted by Gasteiger charge is 2.43. The van der Waals surface area contributed by atoms with Crippen molar-refractivity contribution < 1.29 is 29.4 Å². The van der Waals surface area contributed by atoms with Gasteiger partial charge in [0.25, 0.3) is 5.70 Å². The van der Waals surface area contributed by atoms with Gasteiger partial charge in [-0.1, -0.05) is 0 Å². The second-order valence-electron chi connectivity index (χ2n) is 3.56. The molecule has 0 amide bonds. The number of hydrogen-bond acceptors (Lipinski definition) is 7. The maximum absolute atomic E-state index is 10.9. The number of aromatic nitrogens is 1. The minimum atomic E-state index is -1.02. The Balaban J connectivity index is 2.69. The summed E-state index contributed by atoms with van der Waals surface area (Å²) in [5.41, 5.74) is -0.501. The lowest BCUT2D eigenvalue weighted by Gasteiger charge is -2.13. The van der Waals surface area contributed by atoms with Crippen LogP contribution in [-0.4, -0.2) is 38.0 Å². The van der Waals surface area contributed by atoms with Crippen LogP contribution in [-0.2, 0) is 4.74 Å². The Bertz CT molecular complexity index is 569. The van der Waals surface area contributed by atoms with Gasteiger partial charge in [0, 0.05) is 14.0 Å². The summed E-state index contributed by atoms with van der Waals surface area (Å²) in [6, 6.07) is 0. The van der Waals surface area contributed by atoms with E-state index in [9.17, 15) is 10.1 Å². The van der Waals surface area contributed by atoms with Crippen molar-refractivity contribution in [2.24, 2.45) is 0 Å². The smallest absolute Gasteiger partial charge is 0.362 e. The molecule has 1 aromatic heterocycles. The predicted molar refractivity (Wildman–Crippen MR) is 54.0 cm³/mol. The molecule has 0 bridgehead atoms. The minimum absolute atomic E-state index is 0.0231. The van der Waals surface area contributed by atoms with Crippen LogP contribution >= 0.6 is 0 Å². The van der Waals surface area contributed by atoms with Crippen molar-refractivity contribution in [3.63, 3.8) is 0 Å². The van der Waals surface area contributed by atoms with Crippen molar-refractivity contribution in [3.05, 3.63) is 39.2 Å². The summed E-state index contributed by atoms with van der Waals surface area (Å²) in [6.45, 7) is 1.54. The monoisotopic (exact) mass is 256 g/mol. The van der Waals surface area contributed by atoms with E-state index >= 15 is 0 Å². The average Bonchev–Trinajstić information content (AvgIpc) is 2.67. The third-order valence-electron chi connectivity index (χ3n) is 2.46. The summed E-state index contributed by atoms with van der Waals surface area (Å²) < 4.78 is 10.2. The number of ether oxygens (including phenoxy) is 1. The SMILES string of the molecule is COC1C([N+](=O)[O-])=CC(=[N+](O)O)c2oc(C)nc21. The molecule has 1 heterocycles. The van der Waals surface area contributed by atoms with Crippen LogP contribution in [0.25, 0.3) is 0 Å². The van der Waals surface area contributed by atoms with E-state index in [1.165, 1.54) is 14.0 Å². The second-order valence-corrected chi connectivity index (χ2v) is 3.56. The second kappa shape index (κ2) is 4.11. The molecule has 9 nitrogen and oxygen atoms in total. The van der Waals surface area contributed by atoms with Gasteiger partial charge in [-0.15, -0.1) is 0 Å². The highest BCUT2D eigenvalue weighted by molar-refractivity contribution is 6.05. The highest BCUT2D eigenvalue weighted by atomic mass is 16.8. The molecule has 2 rings (SSSR count). The van der Waals surface area contributed by atoms with Gasteiger partial charge in [0.1, 0.15) is 11.8 Å². The first-order chi connectivity index (χ1) is 8.45. The molecule has 1 atom stereocenters. The molecule has 0 saturated carbocycles. The van der Waals surface area contributed by atoms with Crippen molar-refractivity contribution in [2.45, 2.75) is 13.0 Å². The lowest BCUT2D eigenvalue weighted by molar-refractivity contribution is -0.955. The molecule has 96 valence electrons. The molecule has 0 aromatic carbocycles. The molecule has 0 fully saturated rings. The molecule has 0 aliphatic heterocycles. The van der Waals surface area contributed by atoms with Gasteiger partial charge in [0.2, 0.25) is 10.7 Å². The third kappa shape index (κ3) is 1.70. The van der Waals surface area contributed by atoms with Crippen LogP contribution in [0.5, 0.6) is 0 Å². The summed E-state index contributed by atoms with van der Waals surface area (Å²) in [4.78, 5) is 13.9. The quantitative estimate of drug-likeness (QED) is 0.446. The zero-order chi connectivity index (χ0) is 13.4. The molecule has 1 aliphatic carbocycles. The third-order valence-corrected chi connectivity index (χ3v) is 2.46. The Kier molecular flexibility index (Phi) is 2.75. The number of rotatable bonds is 2. The Morgan fingerprint density at radius 2 is 2.22 bits per heavy atom. The van der Waals surface area contributed by atoms with Crippen molar-refractivity contribution in [2.75, 3.05) is 7.11 Å². The van der Waals surface area contributed by atoms with Gasteiger partial charge >= 0.3 is 5.71 Å². The molecule has 1 aromatic rings. The number of aryl methyl sites for hydroxylation is 1. The van der Waals surface area contributed by atoms with Crippen molar-refractivity contribution >= 4 is 5.71 Å². The molecule has 0 saturated heterocycles. The number of nitrogens with zero attached hydrogens (tertiary/aromatic N) is 3. The van der Waals surface area contributed by atoms with Gasteiger partial charge in [-0.2, -0.15) is 0 Å². The molecular formula is C9H10N3O6+. The van der Waals surface area contributed by atoms with Gasteiger partial charge in [-0.3, -0.25) is 10.1 Å². The van der Waals surface area contributed by atoms with E-state index in [0.717, 1.165) is 6.08 Å². The number of oxazole rings is 1. The number of allylic oxidation sites excluding steroid dienone is 1. The van der Waals surface area contributed by atoms with E-state index in [2.05, 4.69) is 4.98 Å². The zero-order valence-corrected chi connectivity index (χ0v) is 9.52. The normalized spacial score (nSPS) is 18.2. The van der Waals surface area contributed by atoms with Crippen molar-refractivity contribution in [1.29, 1.82) is 0 Å². The van der Waals surface area contributed by atoms with Gasteiger partial charge in [0.15, 0.2) is 12.0 Å². The topological polar surface area (TPSA) is 122 Å². The van der Waals surface area contributed by atoms with E-state index in [0.29, 0.717) is 0 Å². The van der Waals surface area contributed by atoms with Crippen molar-refractivity contribution in [3.8, 4) is 0 Å². The van der Waals surface area contributed by atoms with Crippen LogP contribution in [0, 0.1) is 17.0 Å². The van der Waals surface area contributed by atoms with E-state index in [1.807, 2.05) is 0 Å². The fraction of sp³-hybridized carbons (Fsp3) is 0.333. The van der Waals surface area contributed by atoms with E-state index < -0.39 is 11.0 Å². The summed E-state index contributed by atoms with van der Waals surface area (Å²) in [7, 11) is 1.29. The molecule has 2 N–H and O–H groups in total. The fourth-order valence-electron chi connectivity index (χ4n) is 1.76. The van der Waals surface area contributed by atoms with Gasteiger partial charge in [-0.25, -0.2) is 15.4 Å². The van der Waals surface area contributed by atoms with Crippen LogP contribution in [0.2, 0.25) is 0 Å². The summed E-state index contributed by atoms with van der Waals surface area (Å²) in [6.07, 6.45) is -0.0580. The minimum Gasteiger partial charge on any atom is -0.434 e. The highest BCUT2D eigenvalue weighted by Crippen LogP contribution is 2.33. The number of hydrogen-bond donors (Lipinski definition) is 2. The average molecular weight is 256 g/mol. The predicted octanol–water partition coefficient (Wildman–Crippen LogP) is 0.425. The molecular weight excluding hydrogens is 246 g/mol. The van der Waals surface area contributed by atoms with E-state index in [1.54, 1.807) is 0 Å². The summed E-state index contributed by atoms with van der Waals surface area (Å²) in [5, 5.41) is 29.0. The van der Waals surface area contributed by atoms with Gasteiger partial charge in [-0.05, 0) is 0 Å². The first-order valence-corrected chi connectivity index (χ1v) is 4.87. The Hall–Kier alpha value is -2.42. The lowest BCUT2D eigenvalue weighted by atomic mass is 10.0. The van der Waals surface area contributed by atoms with E-state index in [4.69, 9.17) is 19.6 Å². The first kappa shape index (κ1) is 12.0. The standard InChI is InChI=1S/C9H10N3O6/c1-4-10-7-8(17-2)5(11(13)14)3-6(12(15)16)9(7)18-4/h3,8,15-16H,1-2H3/q+1. The number of fused-ring (bicyclic) bond motifs is 1. The molecule has 9 heteroatoms. The molecule has 1 aliphatic rings.